The van der Waals surface area contributed by atoms with Gasteiger partial charge in [0.1, 0.15) is 18.1 Å². The van der Waals surface area contributed by atoms with Crippen molar-refractivity contribution in [2.75, 3.05) is 11.9 Å². The number of benzene rings is 2. The lowest BCUT2D eigenvalue weighted by Gasteiger charge is -2.25. The van der Waals surface area contributed by atoms with Crippen LogP contribution in [0.2, 0.25) is 0 Å². The van der Waals surface area contributed by atoms with E-state index in [1.165, 1.54) is 12.6 Å². The van der Waals surface area contributed by atoms with Gasteiger partial charge >= 0.3 is 0 Å². The van der Waals surface area contributed by atoms with Crippen LogP contribution < -0.4 is 14.8 Å². The van der Waals surface area contributed by atoms with Crippen LogP contribution in [0, 0.1) is 5.92 Å². The van der Waals surface area contributed by atoms with Crippen molar-refractivity contribution in [1.29, 1.82) is 0 Å². The first-order valence-corrected chi connectivity index (χ1v) is 9.12. The van der Waals surface area contributed by atoms with E-state index in [-0.39, 0.29) is 24.2 Å². The summed E-state index contributed by atoms with van der Waals surface area (Å²) in [5.41, 5.74) is 1.97. The molecule has 2 unspecified atom stereocenters. The molecular weight excluding hydrogens is 375 g/mol. The first kappa shape index (κ1) is 18.7. The molecule has 29 heavy (non-hydrogen) atoms. The van der Waals surface area contributed by atoms with Gasteiger partial charge in [-0.1, -0.05) is 24.8 Å². The summed E-state index contributed by atoms with van der Waals surface area (Å²) in [7, 11) is 0. The zero-order valence-electron chi connectivity index (χ0n) is 15.5. The number of carbonyl (C=O) groups excluding carboxylic acids is 1. The lowest BCUT2D eigenvalue weighted by Crippen LogP contribution is -2.32. The number of halogens is 1. The summed E-state index contributed by atoms with van der Waals surface area (Å²) in [5, 5.41) is 2.82. The van der Waals surface area contributed by atoms with Gasteiger partial charge in [0, 0.05) is 5.56 Å². The van der Waals surface area contributed by atoms with E-state index < -0.39 is 6.36 Å². The number of fused-ring (bicyclic) bond motifs is 1. The van der Waals surface area contributed by atoms with Gasteiger partial charge in [-0.25, -0.2) is 4.98 Å². The SMILES string of the molecule is C=CC(F)Oc1cc(-c2cnco2)ccc1NC(=O)C1COc2ccccc2C1. The molecule has 4 rings (SSSR count). The summed E-state index contributed by atoms with van der Waals surface area (Å²) < 4.78 is 30.1. The monoisotopic (exact) mass is 394 g/mol. The maximum atomic E-state index is 13.8. The average Bonchev–Trinajstić information content (AvgIpc) is 3.29. The van der Waals surface area contributed by atoms with Crippen molar-refractivity contribution in [1.82, 2.24) is 4.98 Å². The number of para-hydroxylation sites is 1. The maximum Gasteiger partial charge on any atom is 0.257 e. The predicted molar refractivity (Wildman–Crippen MR) is 105 cm³/mol. The molecule has 0 radical (unpaired) electrons. The standard InChI is InChI=1S/C22H19FN2O4/c1-2-21(23)29-19-10-15(20-11-24-13-28-20)7-8-17(19)25-22(26)16-9-14-5-3-4-6-18(14)27-12-16/h2-8,10-11,13,16,21H,1,9,12H2,(H,25,26). The minimum Gasteiger partial charge on any atom is -0.492 e. The fourth-order valence-electron chi connectivity index (χ4n) is 3.14. The molecule has 0 fully saturated rings. The number of nitrogens with one attached hydrogen (secondary N) is 1. The van der Waals surface area contributed by atoms with Crippen molar-refractivity contribution in [2.24, 2.45) is 5.92 Å². The number of aromatic nitrogens is 1. The number of anilines is 1. The number of amides is 1. The molecule has 0 bridgehead atoms. The van der Waals surface area contributed by atoms with Crippen molar-refractivity contribution in [3.63, 3.8) is 0 Å². The summed E-state index contributed by atoms with van der Waals surface area (Å²) in [6, 6.07) is 12.6. The van der Waals surface area contributed by atoms with Gasteiger partial charge in [0.15, 0.2) is 12.2 Å². The van der Waals surface area contributed by atoms with Crippen LogP contribution in [0.25, 0.3) is 11.3 Å². The highest BCUT2D eigenvalue weighted by molar-refractivity contribution is 5.94. The third-order valence-electron chi connectivity index (χ3n) is 4.63. The van der Waals surface area contributed by atoms with Crippen LogP contribution in [0.3, 0.4) is 0 Å². The largest absolute Gasteiger partial charge is 0.492 e. The summed E-state index contributed by atoms with van der Waals surface area (Å²) >= 11 is 0. The average molecular weight is 394 g/mol. The number of ether oxygens (including phenoxy) is 2. The summed E-state index contributed by atoms with van der Waals surface area (Å²) in [5.74, 6) is 0.858. The van der Waals surface area contributed by atoms with Crippen LogP contribution in [-0.2, 0) is 11.2 Å². The summed E-state index contributed by atoms with van der Waals surface area (Å²) in [4.78, 5) is 16.7. The fourth-order valence-corrected chi connectivity index (χ4v) is 3.14. The summed E-state index contributed by atoms with van der Waals surface area (Å²) in [6.45, 7) is 3.65. The highest BCUT2D eigenvalue weighted by Gasteiger charge is 2.26. The van der Waals surface area contributed by atoms with E-state index in [9.17, 15) is 9.18 Å². The van der Waals surface area contributed by atoms with E-state index in [1.807, 2.05) is 24.3 Å². The van der Waals surface area contributed by atoms with Gasteiger partial charge < -0.3 is 19.2 Å². The van der Waals surface area contributed by atoms with Crippen LogP contribution in [0.1, 0.15) is 5.56 Å². The lowest BCUT2D eigenvalue weighted by molar-refractivity contribution is -0.121. The van der Waals surface area contributed by atoms with Crippen LogP contribution in [0.4, 0.5) is 10.1 Å². The van der Waals surface area contributed by atoms with Crippen molar-refractivity contribution in [3.8, 4) is 22.8 Å². The molecular formula is C22H19FN2O4. The molecule has 148 valence electrons. The van der Waals surface area contributed by atoms with Crippen LogP contribution >= 0.6 is 0 Å². The van der Waals surface area contributed by atoms with Crippen LogP contribution in [-0.4, -0.2) is 23.9 Å². The number of hydrogen-bond acceptors (Lipinski definition) is 5. The topological polar surface area (TPSA) is 73.6 Å². The number of hydrogen-bond donors (Lipinski definition) is 1. The summed E-state index contributed by atoms with van der Waals surface area (Å²) in [6.07, 6.45) is 2.70. The second-order valence-electron chi connectivity index (χ2n) is 6.59. The number of alkyl halides is 1. The molecule has 2 atom stereocenters. The molecule has 0 spiro atoms. The highest BCUT2D eigenvalue weighted by atomic mass is 19.1. The highest BCUT2D eigenvalue weighted by Crippen LogP contribution is 2.33. The Bertz CT molecular complexity index is 1020. The maximum absolute atomic E-state index is 13.8. The van der Waals surface area contributed by atoms with Crippen molar-refractivity contribution in [2.45, 2.75) is 12.8 Å². The minimum absolute atomic E-state index is 0.164. The van der Waals surface area contributed by atoms with Gasteiger partial charge in [-0.15, -0.1) is 0 Å². The third kappa shape index (κ3) is 4.13. The van der Waals surface area contributed by atoms with E-state index in [1.54, 1.807) is 18.2 Å². The minimum atomic E-state index is -1.72. The Kier molecular flexibility index (Phi) is 5.29. The lowest BCUT2D eigenvalue weighted by atomic mass is 9.96. The van der Waals surface area contributed by atoms with Crippen LogP contribution in [0.5, 0.6) is 11.5 Å². The molecule has 2 heterocycles. The Balaban J connectivity index is 1.55. The Morgan fingerprint density at radius 3 is 3.00 bits per heavy atom. The Morgan fingerprint density at radius 1 is 1.34 bits per heavy atom. The molecule has 1 aliphatic heterocycles. The van der Waals surface area contributed by atoms with E-state index >= 15 is 0 Å². The van der Waals surface area contributed by atoms with E-state index in [4.69, 9.17) is 13.9 Å². The molecule has 1 amide bonds. The second kappa shape index (κ2) is 8.18. The molecule has 1 N–H and O–H groups in total. The first-order chi connectivity index (χ1) is 14.1. The van der Waals surface area contributed by atoms with Crippen molar-refractivity contribution < 1.29 is 23.1 Å². The normalized spacial score (nSPS) is 16.2. The smallest absolute Gasteiger partial charge is 0.257 e. The van der Waals surface area contributed by atoms with Crippen molar-refractivity contribution >= 4 is 11.6 Å². The van der Waals surface area contributed by atoms with Gasteiger partial charge in [-0.3, -0.25) is 4.79 Å². The zero-order valence-corrected chi connectivity index (χ0v) is 15.5. The van der Waals surface area contributed by atoms with Gasteiger partial charge in [0.25, 0.3) is 6.36 Å². The molecule has 6 nitrogen and oxygen atoms in total. The van der Waals surface area contributed by atoms with Gasteiger partial charge in [0.2, 0.25) is 5.91 Å². The molecule has 1 aromatic heterocycles. The number of nitrogens with zero attached hydrogens (tertiary/aromatic N) is 1. The second-order valence-corrected chi connectivity index (χ2v) is 6.59. The third-order valence-corrected chi connectivity index (χ3v) is 4.63. The predicted octanol–water partition coefficient (Wildman–Crippen LogP) is 4.39. The van der Waals surface area contributed by atoms with Crippen molar-refractivity contribution in [3.05, 3.63) is 73.3 Å². The fraction of sp³-hybridized carbons (Fsp3) is 0.182. The van der Waals surface area contributed by atoms with E-state index in [2.05, 4.69) is 16.9 Å². The molecule has 0 saturated heterocycles. The van der Waals surface area contributed by atoms with E-state index in [0.717, 1.165) is 17.4 Å². The zero-order chi connectivity index (χ0) is 20.2. The number of carbonyl (C=O) groups is 1. The Morgan fingerprint density at radius 2 is 2.21 bits per heavy atom. The quantitative estimate of drug-likeness (QED) is 0.628. The molecule has 0 saturated carbocycles. The van der Waals surface area contributed by atoms with Gasteiger partial charge in [-0.05, 0) is 42.3 Å². The molecule has 7 heteroatoms. The number of rotatable bonds is 6. The molecule has 2 aromatic carbocycles. The van der Waals surface area contributed by atoms with Crippen LogP contribution in [0.15, 0.2) is 72.1 Å². The molecule has 3 aromatic rings. The molecule has 1 aliphatic rings. The number of oxazole rings is 1. The van der Waals surface area contributed by atoms with Gasteiger partial charge in [-0.2, -0.15) is 4.39 Å². The first-order valence-electron chi connectivity index (χ1n) is 9.12. The van der Waals surface area contributed by atoms with Gasteiger partial charge in [0.05, 0.1) is 17.8 Å². The Hall–Kier alpha value is -3.61. The van der Waals surface area contributed by atoms with E-state index in [0.29, 0.717) is 23.4 Å². The molecule has 0 aliphatic carbocycles. The Labute approximate surface area is 167 Å².